The predicted molar refractivity (Wildman–Crippen MR) is 86.1 cm³/mol. The van der Waals surface area contributed by atoms with Crippen LogP contribution in [-0.4, -0.2) is 20.5 Å². The average Bonchev–Trinajstić information content (AvgIpc) is 3.03. The highest BCUT2D eigenvalue weighted by Crippen LogP contribution is 2.23. The molecule has 5 heteroatoms. The van der Waals surface area contributed by atoms with Crippen molar-refractivity contribution in [3.05, 3.63) is 59.5 Å². The van der Waals surface area contributed by atoms with Crippen molar-refractivity contribution < 1.29 is 4.79 Å². The summed E-state index contributed by atoms with van der Waals surface area (Å²) in [5.41, 5.74) is 4.32. The molecule has 0 aliphatic rings. The first kappa shape index (κ1) is 14.3. The van der Waals surface area contributed by atoms with E-state index in [2.05, 4.69) is 29.2 Å². The minimum atomic E-state index is -0.174. The number of carbonyl (C=O) groups excluding carboxylic acids is 1. The van der Waals surface area contributed by atoms with Crippen LogP contribution in [0.4, 0.5) is 5.69 Å². The van der Waals surface area contributed by atoms with E-state index in [0.29, 0.717) is 11.3 Å². The highest BCUT2D eigenvalue weighted by atomic mass is 16.2. The zero-order valence-electron chi connectivity index (χ0n) is 12.7. The summed E-state index contributed by atoms with van der Waals surface area (Å²) in [7, 11) is 0. The molecule has 5 nitrogen and oxygen atoms in total. The second-order valence-electron chi connectivity index (χ2n) is 5.04. The van der Waals surface area contributed by atoms with Gasteiger partial charge in [-0.05, 0) is 30.0 Å². The zero-order chi connectivity index (χ0) is 15.5. The van der Waals surface area contributed by atoms with Gasteiger partial charge in [0.25, 0.3) is 5.91 Å². The van der Waals surface area contributed by atoms with E-state index in [1.807, 2.05) is 18.2 Å². The molecule has 0 saturated heterocycles. The third-order valence-corrected chi connectivity index (χ3v) is 3.76. The molecule has 0 bridgehead atoms. The first-order chi connectivity index (χ1) is 10.7. The number of anilines is 1. The molecular weight excluding hydrogens is 276 g/mol. The number of hydrogen-bond donors (Lipinski definition) is 1. The van der Waals surface area contributed by atoms with E-state index in [1.165, 1.54) is 0 Å². The molecule has 2 aromatic heterocycles. The molecular formula is C17H18N4O. The van der Waals surface area contributed by atoms with E-state index in [-0.39, 0.29) is 5.91 Å². The summed E-state index contributed by atoms with van der Waals surface area (Å²) >= 11 is 0. The van der Waals surface area contributed by atoms with Gasteiger partial charge in [-0.1, -0.05) is 32.0 Å². The number of hydrogen-bond acceptors (Lipinski definition) is 3. The van der Waals surface area contributed by atoms with Gasteiger partial charge in [0.15, 0.2) is 5.65 Å². The Balaban J connectivity index is 2.00. The maximum absolute atomic E-state index is 12.7. The Hall–Kier alpha value is -2.69. The molecule has 2 heterocycles. The van der Waals surface area contributed by atoms with Crippen LogP contribution in [0, 0.1) is 0 Å². The van der Waals surface area contributed by atoms with Crippen LogP contribution in [0.15, 0.2) is 42.7 Å². The number of rotatable bonds is 4. The standard InChI is InChI=1S/C17H18N4O/c1-3-12-6-5-7-13(4-2)16(12)20-17(22)14-8-10-18-15-9-11-19-21(14)15/h5-11H,3-4H2,1-2H3,(H,20,22). The summed E-state index contributed by atoms with van der Waals surface area (Å²) in [5.74, 6) is -0.174. The normalized spacial score (nSPS) is 10.8. The first-order valence-electron chi connectivity index (χ1n) is 7.45. The molecule has 112 valence electrons. The zero-order valence-corrected chi connectivity index (χ0v) is 12.7. The van der Waals surface area contributed by atoms with Crippen LogP contribution in [0.3, 0.4) is 0 Å². The molecule has 3 rings (SSSR count). The Morgan fingerprint density at radius 2 is 1.82 bits per heavy atom. The van der Waals surface area contributed by atoms with Gasteiger partial charge in [-0.2, -0.15) is 5.10 Å². The second kappa shape index (κ2) is 5.97. The summed E-state index contributed by atoms with van der Waals surface area (Å²) in [4.78, 5) is 16.8. The molecule has 3 aromatic rings. The highest BCUT2D eigenvalue weighted by molar-refractivity contribution is 6.04. The van der Waals surface area contributed by atoms with E-state index in [9.17, 15) is 4.79 Å². The molecule has 0 spiro atoms. The smallest absolute Gasteiger partial charge is 0.274 e. The number of nitrogens with zero attached hydrogens (tertiary/aromatic N) is 3. The van der Waals surface area contributed by atoms with Gasteiger partial charge in [0.2, 0.25) is 0 Å². The number of benzene rings is 1. The minimum Gasteiger partial charge on any atom is -0.320 e. The van der Waals surface area contributed by atoms with E-state index < -0.39 is 0 Å². The lowest BCUT2D eigenvalue weighted by molar-refractivity contribution is 0.101. The average molecular weight is 294 g/mol. The molecule has 0 aliphatic carbocycles. The third kappa shape index (κ3) is 2.45. The van der Waals surface area contributed by atoms with Crippen molar-refractivity contribution >= 4 is 17.2 Å². The fraction of sp³-hybridized carbons (Fsp3) is 0.235. The molecule has 1 amide bonds. The van der Waals surface area contributed by atoms with Crippen LogP contribution in [0.5, 0.6) is 0 Å². The van der Waals surface area contributed by atoms with Crippen molar-refractivity contribution in [3.8, 4) is 0 Å². The first-order valence-corrected chi connectivity index (χ1v) is 7.45. The van der Waals surface area contributed by atoms with Crippen molar-refractivity contribution in [1.29, 1.82) is 0 Å². The lowest BCUT2D eigenvalue weighted by atomic mass is 10.0. The molecule has 0 fully saturated rings. The maximum atomic E-state index is 12.7. The number of carbonyl (C=O) groups is 1. The summed E-state index contributed by atoms with van der Waals surface area (Å²) in [6, 6.07) is 9.57. The van der Waals surface area contributed by atoms with Crippen LogP contribution >= 0.6 is 0 Å². The van der Waals surface area contributed by atoms with Crippen LogP contribution in [0.1, 0.15) is 35.5 Å². The highest BCUT2D eigenvalue weighted by Gasteiger charge is 2.14. The predicted octanol–water partition coefficient (Wildman–Crippen LogP) is 3.11. The lowest BCUT2D eigenvalue weighted by Crippen LogP contribution is -2.18. The number of amides is 1. The molecule has 0 atom stereocenters. The number of fused-ring (bicyclic) bond motifs is 1. The molecule has 0 radical (unpaired) electrons. The van der Waals surface area contributed by atoms with E-state index >= 15 is 0 Å². The molecule has 22 heavy (non-hydrogen) atoms. The van der Waals surface area contributed by atoms with Gasteiger partial charge in [0, 0.05) is 18.0 Å². The topological polar surface area (TPSA) is 59.3 Å². The fourth-order valence-corrected chi connectivity index (χ4v) is 2.59. The van der Waals surface area contributed by atoms with E-state index in [1.54, 1.807) is 29.0 Å². The van der Waals surface area contributed by atoms with Crippen molar-refractivity contribution in [3.63, 3.8) is 0 Å². The van der Waals surface area contributed by atoms with Crippen molar-refractivity contribution in [2.45, 2.75) is 26.7 Å². The SMILES string of the molecule is CCc1cccc(CC)c1NC(=O)c1ccnc2ccnn12. The molecule has 0 saturated carbocycles. The monoisotopic (exact) mass is 294 g/mol. The van der Waals surface area contributed by atoms with Crippen LogP contribution < -0.4 is 5.32 Å². The number of aryl methyl sites for hydroxylation is 2. The third-order valence-electron chi connectivity index (χ3n) is 3.76. The Kier molecular flexibility index (Phi) is 3.87. The van der Waals surface area contributed by atoms with Crippen molar-refractivity contribution in [2.75, 3.05) is 5.32 Å². The van der Waals surface area contributed by atoms with E-state index in [0.717, 1.165) is 29.7 Å². The minimum absolute atomic E-state index is 0.174. The summed E-state index contributed by atoms with van der Waals surface area (Å²) < 4.78 is 1.55. The van der Waals surface area contributed by atoms with Gasteiger partial charge in [-0.15, -0.1) is 0 Å². The second-order valence-corrected chi connectivity index (χ2v) is 5.04. The molecule has 1 N–H and O–H groups in total. The molecule has 0 aliphatic heterocycles. The van der Waals surface area contributed by atoms with Crippen LogP contribution in [-0.2, 0) is 12.8 Å². The molecule has 1 aromatic carbocycles. The van der Waals surface area contributed by atoms with Crippen molar-refractivity contribution in [1.82, 2.24) is 14.6 Å². The van der Waals surface area contributed by atoms with Gasteiger partial charge in [-0.25, -0.2) is 9.50 Å². The van der Waals surface area contributed by atoms with Crippen LogP contribution in [0.2, 0.25) is 0 Å². The number of nitrogens with one attached hydrogen (secondary N) is 1. The quantitative estimate of drug-likeness (QED) is 0.804. The Morgan fingerprint density at radius 1 is 1.09 bits per heavy atom. The summed E-state index contributed by atoms with van der Waals surface area (Å²) in [6.45, 7) is 4.17. The molecule has 0 unspecified atom stereocenters. The van der Waals surface area contributed by atoms with Gasteiger partial charge in [0.1, 0.15) is 5.69 Å². The van der Waals surface area contributed by atoms with E-state index in [4.69, 9.17) is 0 Å². The Morgan fingerprint density at radius 3 is 2.50 bits per heavy atom. The number of aromatic nitrogens is 3. The largest absolute Gasteiger partial charge is 0.320 e. The Bertz CT molecular complexity index is 800. The fourth-order valence-electron chi connectivity index (χ4n) is 2.59. The van der Waals surface area contributed by atoms with Crippen LogP contribution in [0.25, 0.3) is 5.65 Å². The summed E-state index contributed by atoms with van der Waals surface area (Å²) in [5, 5.41) is 7.21. The van der Waals surface area contributed by atoms with Crippen molar-refractivity contribution in [2.24, 2.45) is 0 Å². The van der Waals surface area contributed by atoms with Gasteiger partial charge in [-0.3, -0.25) is 4.79 Å². The maximum Gasteiger partial charge on any atom is 0.274 e. The van der Waals surface area contributed by atoms with Gasteiger partial charge >= 0.3 is 0 Å². The number of para-hydroxylation sites is 1. The Labute approximate surface area is 129 Å². The van der Waals surface area contributed by atoms with Gasteiger partial charge in [0.05, 0.1) is 6.20 Å². The lowest BCUT2D eigenvalue weighted by Gasteiger charge is -2.14. The van der Waals surface area contributed by atoms with Gasteiger partial charge < -0.3 is 5.32 Å². The summed E-state index contributed by atoms with van der Waals surface area (Å²) in [6.07, 6.45) is 5.00.